The third-order valence-electron chi connectivity index (χ3n) is 4.94. The summed E-state index contributed by atoms with van der Waals surface area (Å²) < 4.78 is 0. The highest BCUT2D eigenvalue weighted by molar-refractivity contribution is 5.82. The monoisotopic (exact) mass is 222 g/mol. The van der Waals surface area contributed by atoms with Gasteiger partial charge in [-0.2, -0.15) is 0 Å². The van der Waals surface area contributed by atoms with E-state index < -0.39 is 0 Å². The minimum atomic E-state index is 0.314. The maximum atomic E-state index is 12.3. The first-order valence-electron chi connectivity index (χ1n) is 6.70. The Morgan fingerprint density at radius 3 is 2.44 bits per heavy atom. The van der Waals surface area contributed by atoms with Crippen LogP contribution in [-0.4, -0.2) is 30.4 Å². The van der Waals surface area contributed by atoms with Crippen molar-refractivity contribution in [3.8, 4) is 0 Å². The Hall–Kier alpha value is -0.570. The highest BCUT2D eigenvalue weighted by Gasteiger charge is 2.57. The van der Waals surface area contributed by atoms with E-state index in [1.54, 1.807) is 0 Å². The lowest BCUT2D eigenvalue weighted by Gasteiger charge is -2.28. The van der Waals surface area contributed by atoms with Gasteiger partial charge in [0.25, 0.3) is 0 Å². The molecule has 0 radical (unpaired) electrons. The molecule has 3 fully saturated rings. The van der Waals surface area contributed by atoms with Gasteiger partial charge >= 0.3 is 0 Å². The number of amides is 1. The Kier molecular flexibility index (Phi) is 2.46. The van der Waals surface area contributed by atoms with Gasteiger partial charge in [-0.3, -0.25) is 4.79 Å². The van der Waals surface area contributed by atoms with Crippen molar-refractivity contribution in [2.45, 2.75) is 38.1 Å². The first-order valence-corrected chi connectivity index (χ1v) is 6.70. The van der Waals surface area contributed by atoms with Gasteiger partial charge in [-0.15, -0.1) is 0 Å². The van der Waals surface area contributed by atoms with E-state index in [4.69, 9.17) is 5.73 Å². The highest BCUT2D eigenvalue weighted by atomic mass is 16.2. The van der Waals surface area contributed by atoms with Gasteiger partial charge in [0.05, 0.1) is 0 Å². The van der Waals surface area contributed by atoms with Crippen molar-refractivity contribution in [1.82, 2.24) is 4.90 Å². The van der Waals surface area contributed by atoms with Crippen LogP contribution in [0.1, 0.15) is 32.1 Å². The van der Waals surface area contributed by atoms with Crippen molar-refractivity contribution >= 4 is 5.91 Å². The molecular formula is C13H22N2O. The Bertz CT molecular complexity index is 290. The van der Waals surface area contributed by atoms with Crippen LogP contribution in [0.2, 0.25) is 0 Å². The molecule has 0 saturated heterocycles. The molecule has 0 aliphatic heterocycles. The van der Waals surface area contributed by atoms with Crippen LogP contribution in [0, 0.1) is 23.7 Å². The number of hydrogen-bond acceptors (Lipinski definition) is 2. The van der Waals surface area contributed by atoms with Gasteiger partial charge < -0.3 is 10.6 Å². The Labute approximate surface area is 97.4 Å². The fraction of sp³-hybridized carbons (Fsp3) is 0.923. The molecule has 3 rings (SSSR count). The van der Waals surface area contributed by atoms with E-state index in [1.807, 2.05) is 11.9 Å². The predicted molar refractivity (Wildman–Crippen MR) is 62.7 cm³/mol. The third-order valence-corrected chi connectivity index (χ3v) is 4.94. The fourth-order valence-electron chi connectivity index (χ4n) is 3.73. The van der Waals surface area contributed by atoms with E-state index in [-0.39, 0.29) is 0 Å². The van der Waals surface area contributed by atoms with Crippen molar-refractivity contribution in [2.75, 3.05) is 13.6 Å². The molecule has 90 valence electrons. The zero-order chi connectivity index (χ0) is 11.3. The van der Waals surface area contributed by atoms with Crippen molar-refractivity contribution in [3.63, 3.8) is 0 Å². The lowest BCUT2D eigenvalue weighted by atomic mass is 10.1. The molecule has 3 unspecified atom stereocenters. The fourth-order valence-corrected chi connectivity index (χ4v) is 3.73. The molecule has 0 bridgehead atoms. The van der Waals surface area contributed by atoms with Crippen LogP contribution in [0.15, 0.2) is 0 Å². The molecular weight excluding hydrogens is 200 g/mol. The number of likely N-dealkylation sites (N-methyl/N-ethyl adjacent to an activating group) is 1. The van der Waals surface area contributed by atoms with E-state index in [9.17, 15) is 4.79 Å². The minimum Gasteiger partial charge on any atom is -0.341 e. The molecule has 0 aromatic heterocycles. The third kappa shape index (κ3) is 1.56. The van der Waals surface area contributed by atoms with Crippen LogP contribution < -0.4 is 5.73 Å². The lowest BCUT2D eigenvalue weighted by molar-refractivity contribution is -0.134. The second-order valence-corrected chi connectivity index (χ2v) is 5.87. The van der Waals surface area contributed by atoms with E-state index in [0.717, 1.165) is 11.8 Å². The molecule has 0 aromatic carbocycles. The average molecular weight is 222 g/mol. The number of carbonyl (C=O) groups excluding carboxylic acids is 1. The zero-order valence-electron chi connectivity index (χ0n) is 10.1. The first kappa shape index (κ1) is 10.6. The van der Waals surface area contributed by atoms with Gasteiger partial charge in [-0.05, 0) is 43.4 Å². The minimum absolute atomic E-state index is 0.314. The van der Waals surface area contributed by atoms with E-state index in [0.29, 0.717) is 30.3 Å². The standard InChI is InChI=1S/C13H22N2O/c1-15(11(7-14)8-5-6-8)13(16)12-9-3-2-4-10(9)12/h8-12H,2-7,14H2,1H3. The normalized spacial score (nSPS) is 38.0. The molecule has 0 aromatic rings. The quantitative estimate of drug-likeness (QED) is 0.777. The Balaban J connectivity index is 1.61. The topological polar surface area (TPSA) is 46.3 Å². The van der Waals surface area contributed by atoms with Gasteiger partial charge in [0, 0.05) is 25.6 Å². The average Bonchev–Trinajstić information content (AvgIpc) is 3.19. The maximum Gasteiger partial charge on any atom is 0.226 e. The summed E-state index contributed by atoms with van der Waals surface area (Å²) in [6, 6.07) is 0.314. The molecule has 1 amide bonds. The number of nitrogens with two attached hydrogens (primary N) is 1. The highest BCUT2D eigenvalue weighted by Crippen LogP contribution is 2.58. The molecule has 3 nitrogen and oxygen atoms in total. The number of fused-ring (bicyclic) bond motifs is 1. The van der Waals surface area contributed by atoms with Crippen LogP contribution in [0.5, 0.6) is 0 Å². The SMILES string of the molecule is CN(C(=O)C1C2CCCC21)C(CN)C1CC1. The Morgan fingerprint density at radius 1 is 1.31 bits per heavy atom. The smallest absolute Gasteiger partial charge is 0.226 e. The molecule has 0 heterocycles. The van der Waals surface area contributed by atoms with Gasteiger partial charge in [0.2, 0.25) is 5.91 Å². The Morgan fingerprint density at radius 2 is 1.94 bits per heavy atom. The van der Waals surface area contributed by atoms with Crippen molar-refractivity contribution in [2.24, 2.45) is 29.4 Å². The molecule has 3 aliphatic rings. The van der Waals surface area contributed by atoms with Gasteiger partial charge in [-0.1, -0.05) is 6.42 Å². The zero-order valence-corrected chi connectivity index (χ0v) is 10.1. The number of rotatable bonds is 4. The van der Waals surface area contributed by atoms with E-state index >= 15 is 0 Å². The van der Waals surface area contributed by atoms with Crippen LogP contribution in [0.3, 0.4) is 0 Å². The summed E-state index contributed by atoms with van der Waals surface area (Å²) in [6.07, 6.45) is 6.43. The molecule has 3 atom stereocenters. The molecule has 3 heteroatoms. The maximum absolute atomic E-state index is 12.3. The van der Waals surface area contributed by atoms with Crippen molar-refractivity contribution in [3.05, 3.63) is 0 Å². The van der Waals surface area contributed by atoms with E-state index in [2.05, 4.69) is 0 Å². The molecule has 0 spiro atoms. The van der Waals surface area contributed by atoms with Gasteiger partial charge in [0.15, 0.2) is 0 Å². The number of hydrogen-bond donors (Lipinski definition) is 1. The van der Waals surface area contributed by atoms with Gasteiger partial charge in [-0.25, -0.2) is 0 Å². The summed E-state index contributed by atoms with van der Waals surface area (Å²) in [4.78, 5) is 14.3. The van der Waals surface area contributed by atoms with Crippen LogP contribution in [-0.2, 0) is 4.79 Å². The van der Waals surface area contributed by atoms with Crippen molar-refractivity contribution in [1.29, 1.82) is 0 Å². The predicted octanol–water partition coefficient (Wildman–Crippen LogP) is 1.23. The largest absolute Gasteiger partial charge is 0.341 e. The first-order chi connectivity index (χ1) is 7.74. The summed E-state index contributed by atoms with van der Waals surface area (Å²) in [6.45, 7) is 0.634. The van der Waals surface area contributed by atoms with Crippen LogP contribution in [0.4, 0.5) is 0 Å². The van der Waals surface area contributed by atoms with Crippen LogP contribution >= 0.6 is 0 Å². The van der Waals surface area contributed by atoms with Gasteiger partial charge in [0.1, 0.15) is 0 Å². The summed E-state index contributed by atoms with van der Waals surface area (Å²) in [7, 11) is 1.96. The molecule has 3 aliphatic carbocycles. The number of nitrogens with zero attached hydrogens (tertiary/aromatic N) is 1. The second kappa shape index (κ2) is 3.73. The second-order valence-electron chi connectivity index (χ2n) is 5.87. The summed E-state index contributed by atoms with van der Waals surface area (Å²) >= 11 is 0. The summed E-state index contributed by atoms with van der Waals surface area (Å²) in [5.41, 5.74) is 5.79. The molecule has 3 saturated carbocycles. The summed E-state index contributed by atoms with van der Waals surface area (Å²) in [5.74, 6) is 2.90. The van der Waals surface area contributed by atoms with Crippen LogP contribution in [0.25, 0.3) is 0 Å². The number of carbonyl (C=O) groups is 1. The molecule has 16 heavy (non-hydrogen) atoms. The van der Waals surface area contributed by atoms with E-state index in [1.165, 1.54) is 32.1 Å². The lowest BCUT2D eigenvalue weighted by Crippen LogP contribution is -2.44. The van der Waals surface area contributed by atoms with Crippen molar-refractivity contribution < 1.29 is 4.79 Å². The molecule has 2 N–H and O–H groups in total. The summed E-state index contributed by atoms with van der Waals surface area (Å²) in [5, 5.41) is 0.